The summed E-state index contributed by atoms with van der Waals surface area (Å²) in [6, 6.07) is 0.534. The number of hydrogen-bond acceptors (Lipinski definition) is 1. The molecule has 0 aliphatic rings. The highest BCUT2D eigenvalue weighted by molar-refractivity contribution is 5.92. The summed E-state index contributed by atoms with van der Waals surface area (Å²) in [5, 5.41) is 3.28. The average Bonchev–Trinajstić information content (AvgIpc) is 2.23. The second-order valence-electron chi connectivity index (χ2n) is 2.47. The Kier molecular flexibility index (Phi) is 12.7. The van der Waals surface area contributed by atoms with Crippen molar-refractivity contribution in [3.8, 4) is 0 Å². The molecule has 13 heavy (non-hydrogen) atoms. The Morgan fingerprint density at radius 3 is 2.08 bits per heavy atom. The Bertz CT molecular complexity index is 135. The molecule has 0 fully saturated rings. The van der Waals surface area contributed by atoms with E-state index in [1.54, 1.807) is 13.1 Å². The Hall–Kier alpha value is -0.790. The van der Waals surface area contributed by atoms with Crippen molar-refractivity contribution >= 4 is 5.84 Å². The highest BCUT2D eigenvalue weighted by Gasteiger charge is 2.01. The summed E-state index contributed by atoms with van der Waals surface area (Å²) in [6.45, 7) is 12.0. The molecule has 0 spiro atoms. The van der Waals surface area contributed by atoms with E-state index >= 15 is 0 Å². The Labute approximate surface area is 83.2 Å². The number of hydrogen-bond donors (Lipinski definition) is 1. The van der Waals surface area contributed by atoms with Crippen molar-refractivity contribution in [3.63, 3.8) is 0 Å². The van der Waals surface area contributed by atoms with Crippen LogP contribution < -0.4 is 5.32 Å². The summed E-state index contributed by atoms with van der Waals surface area (Å²) in [5.41, 5.74) is 0. The van der Waals surface area contributed by atoms with Crippen LogP contribution in [0.5, 0.6) is 0 Å². The third kappa shape index (κ3) is 7.57. The summed E-state index contributed by atoms with van der Waals surface area (Å²) in [6.07, 6.45) is 4.01. The highest BCUT2D eigenvalue weighted by Crippen LogP contribution is 1.95. The Morgan fingerprint density at radius 2 is 1.85 bits per heavy atom. The summed E-state index contributed by atoms with van der Waals surface area (Å²) in [4.78, 5) is 4.03. The van der Waals surface area contributed by atoms with Crippen LogP contribution >= 0.6 is 0 Å². The number of nitrogens with one attached hydrogen (secondary N) is 1. The van der Waals surface area contributed by atoms with Crippen LogP contribution in [-0.2, 0) is 0 Å². The molecule has 0 saturated heterocycles. The predicted molar refractivity (Wildman–Crippen MR) is 62.4 cm³/mol. The lowest BCUT2D eigenvalue weighted by atomic mass is 10.2. The van der Waals surface area contributed by atoms with E-state index in [2.05, 4.69) is 30.7 Å². The van der Waals surface area contributed by atoms with Gasteiger partial charge in [0.15, 0.2) is 0 Å². The van der Waals surface area contributed by atoms with Crippen LogP contribution in [0.4, 0.5) is 0 Å². The molecule has 2 heteroatoms. The fourth-order valence-electron chi connectivity index (χ4n) is 0.917. The molecule has 1 N–H and O–H groups in total. The van der Waals surface area contributed by atoms with Gasteiger partial charge in [0, 0.05) is 13.1 Å². The first kappa shape index (κ1) is 14.7. The van der Waals surface area contributed by atoms with Gasteiger partial charge in [-0.25, -0.2) is 0 Å². The van der Waals surface area contributed by atoms with E-state index < -0.39 is 0 Å². The molecule has 0 bridgehead atoms. The smallest absolute Gasteiger partial charge is 0.120 e. The number of amidine groups is 1. The van der Waals surface area contributed by atoms with Gasteiger partial charge >= 0.3 is 0 Å². The van der Waals surface area contributed by atoms with Crippen LogP contribution in [0.15, 0.2) is 17.6 Å². The minimum Gasteiger partial charge on any atom is -0.368 e. The Morgan fingerprint density at radius 1 is 1.38 bits per heavy atom. The van der Waals surface area contributed by atoms with E-state index in [4.69, 9.17) is 0 Å². The fraction of sp³-hybridized carbons (Fsp3) is 0.727. The molecule has 0 aromatic carbocycles. The number of aliphatic imine (C=N–C) groups is 1. The van der Waals surface area contributed by atoms with Crippen molar-refractivity contribution < 1.29 is 0 Å². The van der Waals surface area contributed by atoms with Crippen molar-refractivity contribution in [2.24, 2.45) is 4.99 Å². The maximum Gasteiger partial charge on any atom is 0.120 e. The molecule has 0 radical (unpaired) electrons. The SMILES string of the molecule is C=CC(=NC)NC(CC)CC.CC. The molecule has 0 aliphatic heterocycles. The monoisotopic (exact) mass is 184 g/mol. The highest BCUT2D eigenvalue weighted by atomic mass is 15.0. The third-order valence-electron chi connectivity index (χ3n) is 1.77. The van der Waals surface area contributed by atoms with Crippen molar-refractivity contribution in [1.82, 2.24) is 5.32 Å². The molecule has 0 unspecified atom stereocenters. The van der Waals surface area contributed by atoms with Gasteiger partial charge in [-0.3, -0.25) is 4.99 Å². The van der Waals surface area contributed by atoms with E-state index in [1.807, 2.05) is 13.8 Å². The van der Waals surface area contributed by atoms with Crippen molar-refractivity contribution in [1.29, 1.82) is 0 Å². The molecule has 0 aliphatic carbocycles. The summed E-state index contributed by atoms with van der Waals surface area (Å²) in [5.74, 6) is 0.888. The normalized spacial score (nSPS) is 10.5. The van der Waals surface area contributed by atoms with Gasteiger partial charge in [-0.15, -0.1) is 0 Å². The minimum absolute atomic E-state index is 0.534. The van der Waals surface area contributed by atoms with Crippen molar-refractivity contribution in [2.45, 2.75) is 46.6 Å². The molecule has 2 nitrogen and oxygen atoms in total. The van der Waals surface area contributed by atoms with Crippen molar-refractivity contribution in [3.05, 3.63) is 12.7 Å². The summed E-state index contributed by atoms with van der Waals surface area (Å²) < 4.78 is 0. The van der Waals surface area contributed by atoms with Gasteiger partial charge in [-0.2, -0.15) is 0 Å². The van der Waals surface area contributed by atoms with Gasteiger partial charge in [0.25, 0.3) is 0 Å². The molecule has 0 amide bonds. The zero-order valence-corrected chi connectivity index (χ0v) is 9.72. The topological polar surface area (TPSA) is 24.4 Å². The van der Waals surface area contributed by atoms with E-state index in [0.29, 0.717) is 6.04 Å². The van der Waals surface area contributed by atoms with Crippen LogP contribution in [0.1, 0.15) is 40.5 Å². The van der Waals surface area contributed by atoms with Crippen molar-refractivity contribution in [2.75, 3.05) is 7.05 Å². The molecule has 0 heterocycles. The molecular formula is C11H24N2. The minimum atomic E-state index is 0.534. The van der Waals surface area contributed by atoms with Gasteiger partial charge in [0.1, 0.15) is 5.84 Å². The standard InChI is InChI=1S/C9H18N2.C2H6/c1-5-8(6-2)11-9(7-3)10-4;1-2/h7-8H,3,5-6H2,1-2,4H3,(H,10,11);1-2H3. The average molecular weight is 184 g/mol. The van der Waals surface area contributed by atoms with Gasteiger partial charge in [0.2, 0.25) is 0 Å². The van der Waals surface area contributed by atoms with Gasteiger partial charge < -0.3 is 5.32 Å². The van der Waals surface area contributed by atoms with Crippen LogP contribution in [0.3, 0.4) is 0 Å². The van der Waals surface area contributed by atoms with Crippen LogP contribution in [0.25, 0.3) is 0 Å². The predicted octanol–water partition coefficient (Wildman–Crippen LogP) is 3.01. The molecule has 0 rings (SSSR count). The quantitative estimate of drug-likeness (QED) is 0.527. The van der Waals surface area contributed by atoms with E-state index in [9.17, 15) is 0 Å². The molecule has 0 atom stereocenters. The second-order valence-corrected chi connectivity index (χ2v) is 2.47. The first-order valence-electron chi connectivity index (χ1n) is 5.14. The summed E-state index contributed by atoms with van der Waals surface area (Å²) in [7, 11) is 1.77. The maximum absolute atomic E-state index is 4.03. The van der Waals surface area contributed by atoms with Gasteiger partial charge in [-0.1, -0.05) is 34.3 Å². The van der Waals surface area contributed by atoms with Gasteiger partial charge in [0.05, 0.1) is 0 Å². The summed E-state index contributed by atoms with van der Waals surface area (Å²) >= 11 is 0. The second kappa shape index (κ2) is 11.2. The van der Waals surface area contributed by atoms with E-state index in [0.717, 1.165) is 18.7 Å². The van der Waals surface area contributed by atoms with Gasteiger partial charge in [-0.05, 0) is 18.9 Å². The first-order valence-corrected chi connectivity index (χ1v) is 5.14. The van der Waals surface area contributed by atoms with Crippen LogP contribution in [0, 0.1) is 0 Å². The molecular weight excluding hydrogens is 160 g/mol. The molecule has 78 valence electrons. The fourth-order valence-corrected chi connectivity index (χ4v) is 0.917. The lowest BCUT2D eigenvalue weighted by Gasteiger charge is -2.15. The lowest BCUT2D eigenvalue weighted by molar-refractivity contribution is 0.571. The lowest BCUT2D eigenvalue weighted by Crippen LogP contribution is -2.32. The first-order chi connectivity index (χ1) is 6.28. The van der Waals surface area contributed by atoms with Crippen LogP contribution in [0.2, 0.25) is 0 Å². The van der Waals surface area contributed by atoms with Crippen LogP contribution in [-0.4, -0.2) is 18.9 Å². The number of rotatable bonds is 4. The molecule has 0 aromatic rings. The largest absolute Gasteiger partial charge is 0.368 e. The molecule has 0 saturated carbocycles. The van der Waals surface area contributed by atoms with E-state index in [-0.39, 0.29) is 0 Å². The zero-order chi connectivity index (χ0) is 10.7. The number of nitrogens with zero attached hydrogens (tertiary/aromatic N) is 1. The molecule has 0 aromatic heterocycles. The maximum atomic E-state index is 4.03. The third-order valence-corrected chi connectivity index (χ3v) is 1.77. The van der Waals surface area contributed by atoms with E-state index in [1.165, 1.54) is 0 Å². The zero-order valence-electron chi connectivity index (χ0n) is 9.72. The Balaban J connectivity index is 0.